The molecule has 0 bridgehead atoms. The van der Waals surface area contributed by atoms with E-state index in [-0.39, 0.29) is 0 Å². The highest BCUT2D eigenvalue weighted by molar-refractivity contribution is 6.57. The van der Waals surface area contributed by atoms with Gasteiger partial charge in [-0.3, -0.25) is 0 Å². The Morgan fingerprint density at radius 2 is 1.80 bits per heavy atom. The molecule has 0 saturated carbocycles. The molecule has 0 spiro atoms. The minimum Gasteiger partial charge on any atom is -0.331 e. The van der Waals surface area contributed by atoms with Crippen molar-refractivity contribution in [1.82, 2.24) is 4.57 Å². The van der Waals surface area contributed by atoms with Crippen LogP contribution in [0.1, 0.15) is 27.2 Å². The molecule has 2 atom stereocenters. The normalized spacial score (nSPS) is 17.4. The fourth-order valence-corrected chi connectivity index (χ4v) is 4.65. The monoisotopic (exact) mass is 159 g/mol. The summed E-state index contributed by atoms with van der Waals surface area (Å²) in [5.41, 5.74) is 0.972. The molecule has 62 valence electrons. The Morgan fingerprint density at radius 1 is 1.30 bits per heavy atom. The van der Waals surface area contributed by atoms with E-state index in [4.69, 9.17) is 0 Å². The van der Waals surface area contributed by atoms with Gasteiger partial charge in [0.05, 0.1) is 0 Å². The molecule has 0 amide bonds. The number of nitrogens with zero attached hydrogens (tertiary/aromatic N) is 1. The standard InChI is InChI=1S/C8H21NSi/c1-6-8(3)10(7-2)9(4)5/h8,10H,6-7H2,1-5H3. The third-order valence-corrected chi connectivity index (χ3v) is 6.33. The van der Waals surface area contributed by atoms with Gasteiger partial charge in [0.25, 0.3) is 0 Å². The average Bonchev–Trinajstić information content (AvgIpc) is 1.88. The van der Waals surface area contributed by atoms with Crippen LogP contribution < -0.4 is 0 Å². The van der Waals surface area contributed by atoms with Crippen molar-refractivity contribution in [2.75, 3.05) is 14.1 Å². The lowest BCUT2D eigenvalue weighted by molar-refractivity contribution is 0.606. The molecule has 0 radical (unpaired) electrons. The molecular weight excluding hydrogens is 138 g/mol. The zero-order valence-corrected chi connectivity index (χ0v) is 9.17. The van der Waals surface area contributed by atoms with Crippen LogP contribution in [-0.2, 0) is 0 Å². The van der Waals surface area contributed by atoms with E-state index in [9.17, 15) is 0 Å². The number of hydrogen-bond acceptors (Lipinski definition) is 1. The SMILES string of the molecule is CCC(C)[SiH](CC)N(C)C. The lowest BCUT2D eigenvalue weighted by Gasteiger charge is -2.26. The molecular formula is C8H21NSi. The maximum absolute atomic E-state index is 2.47. The summed E-state index contributed by atoms with van der Waals surface area (Å²) in [6, 6.07) is 1.40. The van der Waals surface area contributed by atoms with Crippen LogP contribution in [0.2, 0.25) is 11.6 Å². The minimum atomic E-state index is -0.547. The number of rotatable bonds is 4. The highest BCUT2D eigenvalue weighted by Crippen LogP contribution is 2.17. The van der Waals surface area contributed by atoms with Crippen LogP contribution in [-0.4, -0.2) is 27.6 Å². The van der Waals surface area contributed by atoms with E-state index >= 15 is 0 Å². The molecule has 0 fully saturated rings. The van der Waals surface area contributed by atoms with Crippen molar-refractivity contribution in [3.63, 3.8) is 0 Å². The van der Waals surface area contributed by atoms with Crippen molar-refractivity contribution in [1.29, 1.82) is 0 Å². The van der Waals surface area contributed by atoms with Gasteiger partial charge in [0.15, 0.2) is 0 Å². The Morgan fingerprint density at radius 3 is 1.90 bits per heavy atom. The summed E-state index contributed by atoms with van der Waals surface area (Å²) >= 11 is 0. The first-order valence-electron chi connectivity index (χ1n) is 4.29. The van der Waals surface area contributed by atoms with Crippen molar-refractivity contribution in [2.24, 2.45) is 0 Å². The van der Waals surface area contributed by atoms with Crippen LogP contribution in [0.15, 0.2) is 0 Å². The summed E-state index contributed by atoms with van der Waals surface area (Å²) in [5, 5.41) is 0. The summed E-state index contributed by atoms with van der Waals surface area (Å²) in [5.74, 6) is 0. The Bertz CT molecular complexity index is 83.3. The Hall–Kier alpha value is 0.177. The van der Waals surface area contributed by atoms with Crippen molar-refractivity contribution in [3.8, 4) is 0 Å². The molecule has 0 aromatic carbocycles. The van der Waals surface area contributed by atoms with Crippen LogP contribution in [0.3, 0.4) is 0 Å². The fraction of sp³-hybridized carbons (Fsp3) is 1.00. The van der Waals surface area contributed by atoms with Gasteiger partial charge >= 0.3 is 0 Å². The highest BCUT2D eigenvalue weighted by atomic mass is 28.3. The van der Waals surface area contributed by atoms with E-state index in [1.54, 1.807) is 0 Å². The molecule has 0 aliphatic heterocycles. The largest absolute Gasteiger partial charge is 0.331 e. The molecule has 1 nitrogen and oxygen atoms in total. The van der Waals surface area contributed by atoms with Crippen LogP contribution >= 0.6 is 0 Å². The minimum absolute atomic E-state index is 0.547. The molecule has 0 saturated heterocycles. The van der Waals surface area contributed by atoms with Gasteiger partial charge in [-0.2, -0.15) is 0 Å². The molecule has 0 heterocycles. The summed E-state index contributed by atoms with van der Waals surface area (Å²) in [6.07, 6.45) is 1.35. The molecule has 0 aliphatic carbocycles. The van der Waals surface area contributed by atoms with Gasteiger partial charge in [0, 0.05) is 0 Å². The highest BCUT2D eigenvalue weighted by Gasteiger charge is 2.17. The van der Waals surface area contributed by atoms with Gasteiger partial charge in [-0.25, -0.2) is 0 Å². The first-order valence-corrected chi connectivity index (χ1v) is 6.29. The molecule has 0 N–H and O–H groups in total. The quantitative estimate of drug-likeness (QED) is 0.568. The van der Waals surface area contributed by atoms with Crippen LogP contribution in [0, 0.1) is 0 Å². The van der Waals surface area contributed by atoms with Crippen molar-refractivity contribution >= 4 is 8.96 Å². The van der Waals surface area contributed by atoms with Gasteiger partial charge in [0.1, 0.15) is 8.96 Å². The predicted octanol–water partition coefficient (Wildman–Crippen LogP) is 2.09. The van der Waals surface area contributed by atoms with E-state index in [2.05, 4.69) is 39.4 Å². The van der Waals surface area contributed by atoms with Crippen molar-refractivity contribution in [2.45, 2.75) is 38.8 Å². The van der Waals surface area contributed by atoms with E-state index in [0.717, 1.165) is 5.54 Å². The van der Waals surface area contributed by atoms with Gasteiger partial charge in [0.2, 0.25) is 0 Å². The van der Waals surface area contributed by atoms with Gasteiger partial charge in [-0.05, 0) is 25.7 Å². The average molecular weight is 159 g/mol. The Labute approximate surface area is 67.1 Å². The summed E-state index contributed by atoms with van der Waals surface area (Å²) in [7, 11) is 3.91. The van der Waals surface area contributed by atoms with Crippen molar-refractivity contribution < 1.29 is 0 Å². The Balaban J connectivity index is 3.80. The third-order valence-electron chi connectivity index (χ3n) is 2.38. The topological polar surface area (TPSA) is 3.24 Å². The zero-order chi connectivity index (χ0) is 8.15. The summed E-state index contributed by atoms with van der Waals surface area (Å²) in [4.78, 5) is 0. The van der Waals surface area contributed by atoms with E-state index in [0.29, 0.717) is 0 Å². The first kappa shape index (κ1) is 10.2. The molecule has 2 unspecified atom stereocenters. The van der Waals surface area contributed by atoms with Gasteiger partial charge in [-0.15, -0.1) is 0 Å². The van der Waals surface area contributed by atoms with Gasteiger partial charge in [-0.1, -0.05) is 27.2 Å². The van der Waals surface area contributed by atoms with E-state index in [1.165, 1.54) is 12.5 Å². The lowest BCUT2D eigenvalue weighted by atomic mass is 10.4. The van der Waals surface area contributed by atoms with Crippen LogP contribution in [0.5, 0.6) is 0 Å². The molecule has 0 rings (SSSR count). The molecule has 0 aromatic heterocycles. The lowest BCUT2D eigenvalue weighted by Crippen LogP contribution is -2.35. The van der Waals surface area contributed by atoms with E-state index < -0.39 is 8.96 Å². The molecule has 10 heavy (non-hydrogen) atoms. The zero-order valence-electron chi connectivity index (χ0n) is 8.02. The van der Waals surface area contributed by atoms with Crippen LogP contribution in [0.4, 0.5) is 0 Å². The fourth-order valence-electron chi connectivity index (χ4n) is 1.55. The second kappa shape index (κ2) is 4.91. The molecule has 2 heteroatoms. The maximum atomic E-state index is 2.47. The maximum Gasteiger partial charge on any atom is 0.113 e. The smallest absolute Gasteiger partial charge is 0.113 e. The predicted molar refractivity (Wildman–Crippen MR) is 51.0 cm³/mol. The summed E-state index contributed by atoms with van der Waals surface area (Å²) in [6.45, 7) is 7.01. The Kier molecular flexibility index (Phi) is 5.00. The third kappa shape index (κ3) is 2.84. The number of hydrogen-bond donors (Lipinski definition) is 0. The first-order chi connectivity index (χ1) is 4.63. The molecule has 0 aliphatic rings. The van der Waals surface area contributed by atoms with Gasteiger partial charge < -0.3 is 4.57 Å². The summed E-state index contributed by atoms with van der Waals surface area (Å²) < 4.78 is 2.47. The molecule has 0 aromatic rings. The van der Waals surface area contributed by atoms with E-state index in [1.807, 2.05) is 0 Å². The second-order valence-electron chi connectivity index (χ2n) is 3.32. The second-order valence-corrected chi connectivity index (χ2v) is 7.45. The van der Waals surface area contributed by atoms with Crippen LogP contribution in [0.25, 0.3) is 0 Å². The van der Waals surface area contributed by atoms with Crippen molar-refractivity contribution in [3.05, 3.63) is 0 Å².